The lowest BCUT2D eigenvalue weighted by atomic mass is 9.85. The maximum atomic E-state index is 15.1. The van der Waals surface area contributed by atoms with Gasteiger partial charge in [0.25, 0.3) is 11.5 Å². The fourth-order valence-electron chi connectivity index (χ4n) is 8.07. The Kier molecular flexibility index (Phi) is 16.9. The van der Waals surface area contributed by atoms with E-state index in [0.29, 0.717) is 22.5 Å². The monoisotopic (exact) mass is 1070 g/mol. The van der Waals surface area contributed by atoms with Crippen LogP contribution in [0.15, 0.2) is 63.9 Å². The first-order valence-corrected chi connectivity index (χ1v) is 24.0. The van der Waals surface area contributed by atoms with E-state index in [1.165, 1.54) is 28.8 Å². The maximum Gasteiger partial charge on any atom is 0.408 e. The molecule has 0 radical (unpaired) electrons. The molecule has 0 spiro atoms. The molecule has 23 heteroatoms. The molecule has 4 aromatic rings. The molecule has 6 rings (SSSR count). The lowest BCUT2D eigenvalue weighted by molar-refractivity contribution is -0.190. The Morgan fingerprint density at radius 1 is 0.972 bits per heavy atom. The third kappa shape index (κ3) is 13.2. The quantitative estimate of drug-likeness (QED) is 0.0308. The zero-order valence-electron chi connectivity index (χ0n) is 40.5. The number of nitrogens with one attached hydrogen (secondary N) is 5. The number of aromatic nitrogens is 2. The topological polar surface area (TPSA) is 277 Å². The number of alkyl halides is 2. The average molecular weight is 1070 g/mol. The number of carbonyl (C=O) groups excluding carboxylic acids is 7. The van der Waals surface area contributed by atoms with E-state index < -0.39 is 102 Å². The van der Waals surface area contributed by atoms with E-state index >= 15 is 8.78 Å². The second kappa shape index (κ2) is 22.5. The molecule has 3 atom stereocenters. The number of rotatable bonds is 19. The average Bonchev–Trinajstić information content (AvgIpc) is 3.67. The summed E-state index contributed by atoms with van der Waals surface area (Å²) in [6.07, 6.45) is -3.81. The van der Waals surface area contributed by atoms with Gasteiger partial charge in [-0.25, -0.2) is 32.9 Å². The number of cyclic esters (lactones) is 1. The normalized spacial score (nSPS) is 15.7. The van der Waals surface area contributed by atoms with Crippen LogP contribution in [-0.2, 0) is 63.5 Å². The van der Waals surface area contributed by atoms with Crippen LogP contribution < -0.4 is 37.9 Å². The van der Waals surface area contributed by atoms with Gasteiger partial charge in [-0.15, -0.1) is 0 Å². The van der Waals surface area contributed by atoms with Crippen LogP contribution in [0.1, 0.15) is 95.9 Å². The molecule has 0 fully saturated rings. The van der Waals surface area contributed by atoms with Crippen LogP contribution in [0.2, 0.25) is 0 Å². The van der Waals surface area contributed by atoms with E-state index in [9.17, 15) is 38.4 Å². The van der Waals surface area contributed by atoms with Gasteiger partial charge in [0.15, 0.2) is 0 Å². The van der Waals surface area contributed by atoms with E-state index in [1.54, 1.807) is 47.6 Å². The molecule has 0 bridgehead atoms. The van der Waals surface area contributed by atoms with Gasteiger partial charge >= 0.3 is 30.2 Å². The van der Waals surface area contributed by atoms with Gasteiger partial charge in [0.05, 0.1) is 42.0 Å². The summed E-state index contributed by atoms with van der Waals surface area (Å²) < 4.78 is 54.0. The van der Waals surface area contributed by atoms with Crippen LogP contribution in [0, 0.1) is 5.92 Å². The predicted octanol–water partition coefficient (Wildman–Crippen LogP) is 6.16. The number of nitrogens with zero attached hydrogens (tertiary/aromatic N) is 2. The van der Waals surface area contributed by atoms with Crippen LogP contribution in [0.4, 0.5) is 28.9 Å². The van der Waals surface area contributed by atoms with Crippen LogP contribution >= 0.6 is 15.9 Å². The number of carbonyl (C=O) groups is 7. The molecule has 0 aliphatic carbocycles. The van der Waals surface area contributed by atoms with Gasteiger partial charge in [-0.05, 0) is 87.9 Å². The van der Waals surface area contributed by atoms with Crippen LogP contribution in [0.5, 0.6) is 0 Å². The summed E-state index contributed by atoms with van der Waals surface area (Å²) in [7, 11) is 0. The molecule has 2 aliphatic rings. The number of hydrogen-bond acceptors (Lipinski definition) is 13. The van der Waals surface area contributed by atoms with Crippen molar-refractivity contribution in [1.29, 1.82) is 0 Å². The van der Waals surface area contributed by atoms with E-state index in [4.69, 9.17) is 29.7 Å². The number of primary amides is 1. The second-order valence-corrected chi connectivity index (χ2v) is 19.5. The zero-order valence-corrected chi connectivity index (χ0v) is 42.1. The number of amides is 6. The van der Waals surface area contributed by atoms with E-state index in [1.807, 2.05) is 29.6 Å². The molecule has 0 saturated carbocycles. The molecule has 2 aromatic heterocycles. The minimum absolute atomic E-state index is 0.0702. The maximum absolute atomic E-state index is 15.1. The number of esters is 2. The summed E-state index contributed by atoms with van der Waals surface area (Å²) in [6.45, 7) is 8.32. The number of urea groups is 1. The Morgan fingerprint density at radius 3 is 2.36 bits per heavy atom. The van der Waals surface area contributed by atoms with Gasteiger partial charge in [0.2, 0.25) is 17.4 Å². The van der Waals surface area contributed by atoms with Gasteiger partial charge in [0, 0.05) is 39.6 Å². The van der Waals surface area contributed by atoms with Crippen molar-refractivity contribution in [2.24, 2.45) is 11.7 Å². The van der Waals surface area contributed by atoms with Gasteiger partial charge in [-0.2, -0.15) is 0 Å². The Balaban J connectivity index is 1.01. The highest BCUT2D eigenvalue weighted by molar-refractivity contribution is 9.10. The van der Waals surface area contributed by atoms with E-state index in [0.717, 1.165) is 15.4 Å². The highest BCUT2D eigenvalue weighted by Crippen LogP contribution is 2.42. The van der Waals surface area contributed by atoms with Crippen LogP contribution in [0.25, 0.3) is 22.3 Å². The lowest BCUT2D eigenvalue weighted by Crippen LogP contribution is -2.55. The minimum Gasteiger partial charge on any atom is -0.457 e. The zero-order chi connectivity index (χ0) is 52.7. The summed E-state index contributed by atoms with van der Waals surface area (Å²) in [5, 5.41) is 13.1. The molecule has 72 heavy (non-hydrogen) atoms. The Labute approximate surface area is 420 Å². The standard InChI is InChI=1S/C49H57BrF2N8O12/c1-7-49(32-21-36-39-28(20-30-33(50)10-8-11-34(30)57-39)22-60(36)42(64)31(32)24-69-43(49)65)71-37(61)17-18-48(51,52)25-55-45(67)70-23-27-13-15-29(16-14-27)56-40(62)35(12-9-19-54-44(53)66)58-41(63)38(26(2)3)59-46(68)72-47(4,5)6/h8,10-11,13-16,20-21,26,35,38H,7,9,12,17-19,22-25H2,1-6H3,(H,55,67)(H,56,62)(H,58,63)(H,59,68)(H3,53,54,66)/t35-,38-,49-/m0/s1. The Bertz CT molecular complexity index is 2820. The van der Waals surface area contributed by atoms with Gasteiger partial charge < -0.3 is 55.8 Å². The molecule has 7 N–H and O–H groups in total. The fraction of sp³-hybridized carbons (Fsp3) is 0.449. The fourth-order valence-corrected chi connectivity index (χ4v) is 8.55. The Morgan fingerprint density at radius 2 is 1.69 bits per heavy atom. The molecule has 4 heterocycles. The number of nitrogens with two attached hydrogens (primary N) is 1. The Hall–Kier alpha value is -7.17. The van der Waals surface area contributed by atoms with Crippen molar-refractivity contribution < 1.29 is 61.3 Å². The highest BCUT2D eigenvalue weighted by Gasteiger charge is 2.50. The van der Waals surface area contributed by atoms with Crippen LogP contribution in [0.3, 0.4) is 0 Å². The first-order valence-electron chi connectivity index (χ1n) is 23.2. The molecule has 0 unspecified atom stereocenters. The number of anilines is 1. The summed E-state index contributed by atoms with van der Waals surface area (Å²) in [4.78, 5) is 108. The van der Waals surface area contributed by atoms with Crippen molar-refractivity contribution in [3.05, 3.63) is 91.7 Å². The number of fused-ring (bicyclic) bond motifs is 5. The van der Waals surface area contributed by atoms with Crippen molar-refractivity contribution in [2.45, 2.75) is 123 Å². The summed E-state index contributed by atoms with van der Waals surface area (Å²) in [6, 6.07) is 12.0. The third-order valence-electron chi connectivity index (χ3n) is 11.8. The number of ether oxygens (including phenoxy) is 4. The summed E-state index contributed by atoms with van der Waals surface area (Å²) in [5.41, 5.74) is 4.95. The third-order valence-corrected chi connectivity index (χ3v) is 12.4. The molecule has 386 valence electrons. The highest BCUT2D eigenvalue weighted by atomic mass is 79.9. The van der Waals surface area contributed by atoms with Gasteiger partial charge in [0.1, 0.15) is 30.9 Å². The number of alkyl carbamates (subject to hydrolysis) is 2. The minimum atomic E-state index is -3.63. The van der Waals surface area contributed by atoms with Crippen molar-refractivity contribution in [3.8, 4) is 11.4 Å². The molecule has 2 aliphatic heterocycles. The molecular formula is C49H57BrF2N8O12. The molecule has 2 aromatic carbocycles. The number of halogens is 3. The first kappa shape index (κ1) is 54.2. The molecule has 0 saturated heterocycles. The largest absolute Gasteiger partial charge is 0.457 e. The molecule has 6 amide bonds. The first-order chi connectivity index (χ1) is 33.9. The van der Waals surface area contributed by atoms with Crippen LogP contribution in [-0.4, -0.2) is 88.2 Å². The lowest BCUT2D eigenvalue weighted by Gasteiger charge is -2.35. The van der Waals surface area contributed by atoms with E-state index in [-0.39, 0.29) is 62.4 Å². The van der Waals surface area contributed by atoms with Crippen molar-refractivity contribution in [3.63, 3.8) is 0 Å². The summed E-state index contributed by atoms with van der Waals surface area (Å²) >= 11 is 3.54. The number of pyridine rings is 2. The smallest absolute Gasteiger partial charge is 0.408 e. The number of hydrogen-bond donors (Lipinski definition) is 6. The number of benzene rings is 2. The van der Waals surface area contributed by atoms with Gasteiger partial charge in [-0.3, -0.25) is 19.2 Å². The predicted molar refractivity (Wildman–Crippen MR) is 260 cm³/mol. The molecule has 20 nitrogen and oxygen atoms in total. The SMILES string of the molecule is CC[C@@]1(OC(=O)CCC(F)(F)CNC(=O)OCc2ccc(NC(=O)[C@H](CCCNC(N)=O)NC(=O)[C@@H](NC(=O)OC(C)(C)C)C(C)C)cc2)C(=O)OCc2c1cc1n(c2=O)Cc2cc3c(Br)cccc3nc2-1. The van der Waals surface area contributed by atoms with Crippen molar-refractivity contribution in [1.82, 2.24) is 30.8 Å². The summed E-state index contributed by atoms with van der Waals surface area (Å²) in [5.74, 6) is -7.42. The van der Waals surface area contributed by atoms with E-state index in [2.05, 4.69) is 37.2 Å². The second-order valence-electron chi connectivity index (χ2n) is 18.7. The molecular weight excluding hydrogens is 1010 g/mol. The van der Waals surface area contributed by atoms with Crippen molar-refractivity contribution in [2.75, 3.05) is 18.4 Å². The van der Waals surface area contributed by atoms with Gasteiger partial charge in [-0.1, -0.05) is 54.9 Å². The van der Waals surface area contributed by atoms with Crippen molar-refractivity contribution >= 4 is 74.5 Å².